The Balaban J connectivity index is 1.99. The number of aromatic nitrogens is 1. The number of fused-ring (bicyclic) bond motifs is 1. The molecule has 134 valence electrons. The van der Waals surface area contributed by atoms with Crippen molar-refractivity contribution >= 4 is 28.4 Å². The fourth-order valence-electron chi connectivity index (χ4n) is 3.09. The molecule has 0 fully saturated rings. The van der Waals surface area contributed by atoms with E-state index in [1.54, 1.807) is 18.1 Å². The minimum atomic E-state index is -0.0782. The minimum Gasteiger partial charge on any atom is -0.496 e. The summed E-state index contributed by atoms with van der Waals surface area (Å²) in [4.78, 5) is 14.9. The molecule has 0 bridgehead atoms. The van der Waals surface area contributed by atoms with Crippen molar-refractivity contribution in [3.63, 3.8) is 0 Å². The Bertz CT molecular complexity index is 962. The van der Waals surface area contributed by atoms with Gasteiger partial charge in [0.2, 0.25) is 0 Å². The van der Waals surface area contributed by atoms with E-state index in [9.17, 15) is 4.79 Å². The molecular weight excluding hydrogens is 348 g/mol. The van der Waals surface area contributed by atoms with Crippen LogP contribution in [0.5, 0.6) is 5.75 Å². The highest BCUT2D eigenvalue weighted by atomic mass is 35.5. The molecule has 3 aromatic rings. The van der Waals surface area contributed by atoms with Gasteiger partial charge in [0.05, 0.1) is 12.6 Å². The number of nitrogens with zero attached hydrogens (tertiary/aromatic N) is 2. The predicted octanol–water partition coefficient (Wildman–Crippen LogP) is 4.67. The summed E-state index contributed by atoms with van der Waals surface area (Å²) in [5, 5.41) is 1.56. The third-order valence-corrected chi connectivity index (χ3v) is 4.81. The molecule has 0 saturated heterocycles. The first kappa shape index (κ1) is 18.1. The fraction of sp³-hybridized carbons (Fsp3) is 0.190. The van der Waals surface area contributed by atoms with Crippen LogP contribution in [0.3, 0.4) is 0 Å². The normalized spacial score (nSPS) is 10.7. The molecule has 0 spiro atoms. The highest BCUT2D eigenvalue weighted by Gasteiger charge is 2.21. The van der Waals surface area contributed by atoms with Gasteiger partial charge in [0.1, 0.15) is 11.4 Å². The van der Waals surface area contributed by atoms with Crippen molar-refractivity contribution in [2.45, 2.75) is 6.54 Å². The van der Waals surface area contributed by atoms with E-state index < -0.39 is 0 Å². The Morgan fingerprint density at radius 1 is 1.27 bits per heavy atom. The quantitative estimate of drug-likeness (QED) is 0.592. The molecule has 2 aromatic carbocycles. The van der Waals surface area contributed by atoms with E-state index in [4.69, 9.17) is 16.3 Å². The van der Waals surface area contributed by atoms with Gasteiger partial charge >= 0.3 is 0 Å². The number of benzene rings is 2. The van der Waals surface area contributed by atoms with Crippen LogP contribution in [-0.2, 0) is 13.6 Å². The van der Waals surface area contributed by atoms with E-state index in [1.165, 1.54) is 0 Å². The average Bonchev–Trinajstić information content (AvgIpc) is 2.99. The van der Waals surface area contributed by atoms with Crippen molar-refractivity contribution in [2.75, 3.05) is 13.7 Å². The predicted molar refractivity (Wildman–Crippen MR) is 106 cm³/mol. The SMILES string of the molecule is C=CCN(Cc1ccccc1Cl)C(=O)c1cc2c(OC)cccc2n1C. The number of amides is 1. The van der Waals surface area contributed by atoms with Gasteiger partial charge in [0.15, 0.2) is 0 Å². The minimum absolute atomic E-state index is 0.0782. The summed E-state index contributed by atoms with van der Waals surface area (Å²) in [7, 11) is 3.52. The number of carbonyl (C=O) groups is 1. The highest BCUT2D eigenvalue weighted by Crippen LogP contribution is 2.29. The number of carbonyl (C=O) groups excluding carboxylic acids is 1. The summed E-state index contributed by atoms with van der Waals surface area (Å²) in [6.07, 6.45) is 1.72. The van der Waals surface area contributed by atoms with Crippen LogP contribution in [0.4, 0.5) is 0 Å². The molecule has 0 atom stereocenters. The first-order valence-corrected chi connectivity index (χ1v) is 8.70. The number of halogens is 1. The molecule has 5 heteroatoms. The van der Waals surface area contributed by atoms with Gasteiger partial charge in [-0.1, -0.05) is 41.9 Å². The molecule has 0 radical (unpaired) electrons. The molecular formula is C21H21ClN2O2. The van der Waals surface area contributed by atoms with Crippen LogP contribution in [0.25, 0.3) is 10.9 Å². The zero-order valence-electron chi connectivity index (χ0n) is 14.9. The number of ether oxygens (including phenoxy) is 1. The molecule has 26 heavy (non-hydrogen) atoms. The van der Waals surface area contributed by atoms with E-state index in [1.807, 2.05) is 60.1 Å². The lowest BCUT2D eigenvalue weighted by molar-refractivity contribution is 0.0753. The van der Waals surface area contributed by atoms with E-state index >= 15 is 0 Å². The summed E-state index contributed by atoms with van der Waals surface area (Å²) in [6.45, 7) is 4.63. The maximum atomic E-state index is 13.2. The molecule has 4 nitrogen and oxygen atoms in total. The van der Waals surface area contributed by atoms with Gasteiger partial charge in [-0.2, -0.15) is 0 Å². The van der Waals surface area contributed by atoms with Gasteiger partial charge in [-0.05, 0) is 29.8 Å². The zero-order valence-corrected chi connectivity index (χ0v) is 15.7. The smallest absolute Gasteiger partial charge is 0.271 e. The molecule has 3 rings (SSSR count). The van der Waals surface area contributed by atoms with Gasteiger partial charge in [-0.25, -0.2) is 0 Å². The van der Waals surface area contributed by atoms with E-state index in [0.717, 1.165) is 22.2 Å². The van der Waals surface area contributed by atoms with Gasteiger partial charge < -0.3 is 14.2 Å². The number of methoxy groups -OCH3 is 1. The van der Waals surface area contributed by atoms with Crippen molar-refractivity contribution in [1.29, 1.82) is 0 Å². The van der Waals surface area contributed by atoms with E-state index in [0.29, 0.717) is 23.8 Å². The molecule has 0 aliphatic heterocycles. The first-order chi connectivity index (χ1) is 12.6. The summed E-state index contributed by atoms with van der Waals surface area (Å²) < 4.78 is 7.31. The van der Waals surface area contributed by atoms with Crippen molar-refractivity contribution in [3.8, 4) is 5.75 Å². The zero-order chi connectivity index (χ0) is 18.7. The summed E-state index contributed by atoms with van der Waals surface area (Å²) >= 11 is 6.27. The highest BCUT2D eigenvalue weighted by molar-refractivity contribution is 6.31. The van der Waals surface area contributed by atoms with Crippen LogP contribution in [0, 0.1) is 0 Å². The maximum absolute atomic E-state index is 13.2. The summed E-state index contributed by atoms with van der Waals surface area (Å²) in [5.74, 6) is 0.670. The Morgan fingerprint density at radius 3 is 2.73 bits per heavy atom. The topological polar surface area (TPSA) is 34.5 Å². The lowest BCUT2D eigenvalue weighted by atomic mass is 10.2. The first-order valence-electron chi connectivity index (χ1n) is 8.32. The number of aryl methyl sites for hydroxylation is 1. The van der Waals surface area contributed by atoms with E-state index in [-0.39, 0.29) is 5.91 Å². The summed E-state index contributed by atoms with van der Waals surface area (Å²) in [5.41, 5.74) is 2.45. The second-order valence-electron chi connectivity index (χ2n) is 6.05. The Hall–Kier alpha value is -2.72. The van der Waals surface area contributed by atoms with Crippen LogP contribution in [0.15, 0.2) is 61.2 Å². The fourth-order valence-corrected chi connectivity index (χ4v) is 3.28. The molecule has 0 aliphatic rings. The maximum Gasteiger partial charge on any atom is 0.271 e. The van der Waals surface area contributed by atoms with Crippen LogP contribution < -0.4 is 4.74 Å². The largest absolute Gasteiger partial charge is 0.496 e. The van der Waals surface area contributed by atoms with Crippen molar-refractivity contribution in [2.24, 2.45) is 7.05 Å². The average molecular weight is 369 g/mol. The molecule has 1 amide bonds. The van der Waals surface area contributed by atoms with Gasteiger partial charge in [-0.3, -0.25) is 4.79 Å². The Labute approximate surface area is 158 Å². The van der Waals surface area contributed by atoms with Crippen molar-refractivity contribution in [3.05, 3.63) is 77.5 Å². The third kappa shape index (κ3) is 3.33. The molecule has 1 heterocycles. The second kappa shape index (κ2) is 7.67. The molecule has 0 N–H and O–H groups in total. The van der Waals surface area contributed by atoms with Gasteiger partial charge in [0.25, 0.3) is 5.91 Å². The number of rotatable bonds is 6. The van der Waals surface area contributed by atoms with Crippen LogP contribution in [0.2, 0.25) is 5.02 Å². The summed E-state index contributed by atoms with van der Waals surface area (Å²) in [6, 6.07) is 15.2. The van der Waals surface area contributed by atoms with Gasteiger partial charge in [-0.15, -0.1) is 6.58 Å². The second-order valence-corrected chi connectivity index (χ2v) is 6.45. The van der Waals surface area contributed by atoms with Crippen molar-refractivity contribution < 1.29 is 9.53 Å². The number of hydrogen-bond acceptors (Lipinski definition) is 2. The number of hydrogen-bond donors (Lipinski definition) is 0. The third-order valence-electron chi connectivity index (χ3n) is 4.44. The van der Waals surface area contributed by atoms with Crippen LogP contribution >= 0.6 is 11.6 Å². The molecule has 0 aliphatic carbocycles. The van der Waals surface area contributed by atoms with Gasteiger partial charge in [0, 0.05) is 30.5 Å². The Morgan fingerprint density at radius 2 is 2.04 bits per heavy atom. The Kier molecular flexibility index (Phi) is 5.33. The monoisotopic (exact) mass is 368 g/mol. The van der Waals surface area contributed by atoms with Crippen molar-refractivity contribution in [1.82, 2.24) is 9.47 Å². The molecule has 0 saturated carbocycles. The molecule has 1 aromatic heterocycles. The lowest BCUT2D eigenvalue weighted by Crippen LogP contribution is -2.32. The van der Waals surface area contributed by atoms with Crippen LogP contribution in [0.1, 0.15) is 16.1 Å². The molecule has 0 unspecified atom stereocenters. The standard InChI is InChI=1S/C21H21ClN2O2/c1-4-12-24(14-15-8-5-6-9-17(15)22)21(25)19-13-16-18(23(19)2)10-7-11-20(16)26-3/h4-11,13H,1,12,14H2,2-3H3. The van der Waals surface area contributed by atoms with Crippen LogP contribution in [-0.4, -0.2) is 29.0 Å². The lowest BCUT2D eigenvalue weighted by Gasteiger charge is -2.22. The van der Waals surface area contributed by atoms with E-state index in [2.05, 4.69) is 6.58 Å².